The number of carbonyl (C=O) groups excluding carboxylic acids is 3. The Morgan fingerprint density at radius 2 is 2.03 bits per heavy atom. The van der Waals surface area contributed by atoms with Gasteiger partial charge in [-0.3, -0.25) is 18.9 Å². The first-order valence-corrected chi connectivity index (χ1v) is 11.7. The van der Waals surface area contributed by atoms with Crippen molar-refractivity contribution < 1.29 is 32.2 Å². The van der Waals surface area contributed by atoms with Gasteiger partial charge in [-0.15, -0.1) is 11.3 Å². The smallest absolute Gasteiger partial charge is 0.362 e. The first-order chi connectivity index (χ1) is 14.4. The van der Waals surface area contributed by atoms with E-state index in [4.69, 9.17) is 9.39 Å². The van der Waals surface area contributed by atoms with Crippen molar-refractivity contribution in [2.24, 2.45) is 5.16 Å². The molecule has 2 atom stereocenters. The van der Waals surface area contributed by atoms with Crippen molar-refractivity contribution in [2.75, 3.05) is 12.4 Å². The summed E-state index contributed by atoms with van der Waals surface area (Å²) in [5.74, 6) is -1.83. The maximum atomic E-state index is 13.0. The van der Waals surface area contributed by atoms with Crippen LogP contribution in [0.5, 0.6) is 0 Å². The van der Waals surface area contributed by atoms with Crippen LogP contribution in [0.2, 0.25) is 0 Å². The van der Waals surface area contributed by atoms with E-state index < -0.39 is 39.8 Å². The molecule has 1 aliphatic heterocycles. The predicted molar refractivity (Wildman–Crippen MR) is 113 cm³/mol. The molecule has 14 heteroatoms. The zero-order valence-corrected chi connectivity index (χ0v) is 19.3. The number of oxime groups is 1. The van der Waals surface area contributed by atoms with E-state index in [1.165, 1.54) is 18.3 Å². The lowest BCUT2D eigenvalue weighted by molar-refractivity contribution is -0.144. The van der Waals surface area contributed by atoms with Crippen LogP contribution < -0.4 is 10.6 Å². The Balaban J connectivity index is 2.38. The van der Waals surface area contributed by atoms with E-state index in [1.807, 2.05) is 0 Å². The van der Waals surface area contributed by atoms with E-state index in [2.05, 4.69) is 20.8 Å². The lowest BCUT2D eigenvalue weighted by Crippen LogP contribution is -2.71. The van der Waals surface area contributed by atoms with E-state index in [0.717, 1.165) is 0 Å². The number of aldehydes is 1. The fraction of sp³-hybridized carbons (Fsp3) is 0.588. The zero-order chi connectivity index (χ0) is 23.6. The molecule has 2 amide bonds. The molecule has 2 heterocycles. The van der Waals surface area contributed by atoms with E-state index in [-0.39, 0.29) is 15.7 Å². The van der Waals surface area contributed by atoms with Gasteiger partial charge in [0.1, 0.15) is 11.7 Å². The number of nitrogens with one attached hydrogen (secondary N) is 2. The van der Waals surface area contributed by atoms with Crippen LogP contribution in [-0.4, -0.2) is 70.8 Å². The molecule has 172 valence electrons. The van der Waals surface area contributed by atoms with Crippen molar-refractivity contribution in [3.63, 3.8) is 0 Å². The van der Waals surface area contributed by atoms with Gasteiger partial charge in [0.25, 0.3) is 11.8 Å². The molecule has 3 N–H and O–H groups in total. The molecule has 0 radical (unpaired) electrons. The predicted octanol–water partition coefficient (Wildman–Crippen LogP) is 0.490. The Bertz CT molecular complexity index is 1000. The molecule has 0 unspecified atom stereocenters. The van der Waals surface area contributed by atoms with Crippen LogP contribution in [0.3, 0.4) is 0 Å². The van der Waals surface area contributed by atoms with Crippen LogP contribution in [0.1, 0.15) is 44.2 Å². The lowest BCUT2D eigenvalue weighted by Gasteiger charge is -2.42. The van der Waals surface area contributed by atoms with E-state index >= 15 is 0 Å². The van der Waals surface area contributed by atoms with Gasteiger partial charge < -0.3 is 15.5 Å². The number of aryl methyl sites for hydroxylation is 1. The number of amides is 2. The van der Waals surface area contributed by atoms with Crippen LogP contribution in [0.15, 0.2) is 5.16 Å². The molecule has 0 saturated carbocycles. The molecule has 1 saturated heterocycles. The number of anilines is 1. The average molecular weight is 476 g/mol. The summed E-state index contributed by atoms with van der Waals surface area (Å²) in [7, 11) is -3.08. The van der Waals surface area contributed by atoms with Crippen molar-refractivity contribution in [2.45, 2.75) is 58.2 Å². The van der Waals surface area contributed by atoms with Crippen molar-refractivity contribution in [3.05, 3.63) is 10.6 Å². The van der Waals surface area contributed by atoms with Crippen molar-refractivity contribution in [1.29, 1.82) is 0 Å². The monoisotopic (exact) mass is 475 g/mol. The average Bonchev–Trinajstić information content (AvgIpc) is 3.09. The van der Waals surface area contributed by atoms with Gasteiger partial charge in [0.2, 0.25) is 0 Å². The standard InChI is InChI=1S/C17H25N5O7S2/c1-6-17(7-2,8-23)29-21-13(12-10(4)30-16(18-5)20-12)14(24)19-11-9(3)22(15(11)25)31(26,27)28/h8-9,11H,6-7H2,1-5H3,(H,18,20)(H,19,24)(H,26,27,28)/b21-13-/t9-,11-/m0/s1. The summed E-state index contributed by atoms with van der Waals surface area (Å²) < 4.78 is 31.9. The maximum absolute atomic E-state index is 13.0. The Morgan fingerprint density at radius 3 is 2.45 bits per heavy atom. The molecule has 0 aliphatic carbocycles. The number of thiazole rings is 1. The summed E-state index contributed by atoms with van der Waals surface area (Å²) in [4.78, 5) is 47.0. The minimum Gasteiger partial charge on any atom is -0.381 e. The first-order valence-electron chi connectivity index (χ1n) is 9.44. The third-order valence-electron chi connectivity index (χ3n) is 5.05. The van der Waals surface area contributed by atoms with Crippen molar-refractivity contribution in [1.82, 2.24) is 14.6 Å². The molecular formula is C17H25N5O7S2. The highest BCUT2D eigenvalue weighted by Gasteiger charge is 2.51. The number of rotatable bonds is 10. The molecule has 0 bridgehead atoms. The second kappa shape index (κ2) is 9.28. The van der Waals surface area contributed by atoms with E-state index in [9.17, 15) is 22.8 Å². The molecule has 1 aromatic heterocycles. The highest BCUT2D eigenvalue weighted by molar-refractivity contribution is 7.84. The number of hydrogen-bond donors (Lipinski definition) is 3. The molecule has 12 nitrogen and oxygen atoms in total. The highest BCUT2D eigenvalue weighted by atomic mass is 32.2. The third kappa shape index (κ3) is 4.85. The first kappa shape index (κ1) is 24.7. The minimum absolute atomic E-state index is 0.185. The largest absolute Gasteiger partial charge is 0.381 e. The van der Waals surface area contributed by atoms with Crippen LogP contribution in [0, 0.1) is 6.92 Å². The molecule has 1 aromatic rings. The maximum Gasteiger partial charge on any atom is 0.362 e. The van der Waals surface area contributed by atoms with Crippen LogP contribution in [0.4, 0.5) is 5.13 Å². The van der Waals surface area contributed by atoms with Crippen molar-refractivity contribution in [3.8, 4) is 0 Å². The molecule has 2 rings (SSSR count). The highest BCUT2D eigenvalue weighted by Crippen LogP contribution is 2.26. The number of nitrogens with zero attached hydrogens (tertiary/aromatic N) is 3. The Hall–Kier alpha value is -2.58. The van der Waals surface area contributed by atoms with Gasteiger partial charge in [0.05, 0.1) is 6.04 Å². The van der Waals surface area contributed by atoms with Crippen LogP contribution in [0.25, 0.3) is 0 Å². The number of aromatic nitrogens is 1. The number of β-lactam (4-membered cyclic amide) rings is 1. The van der Waals surface area contributed by atoms with Crippen LogP contribution in [-0.2, 0) is 29.5 Å². The Morgan fingerprint density at radius 1 is 1.42 bits per heavy atom. The third-order valence-corrected chi connectivity index (χ3v) is 7.05. The second-order valence-electron chi connectivity index (χ2n) is 6.90. The molecule has 31 heavy (non-hydrogen) atoms. The quantitative estimate of drug-likeness (QED) is 0.143. The summed E-state index contributed by atoms with van der Waals surface area (Å²) in [5, 5.41) is 9.68. The van der Waals surface area contributed by atoms with Crippen molar-refractivity contribution >= 4 is 50.6 Å². The van der Waals surface area contributed by atoms with Gasteiger partial charge >= 0.3 is 10.3 Å². The molecule has 0 aromatic carbocycles. The molecule has 0 spiro atoms. The van der Waals surface area contributed by atoms with Gasteiger partial charge in [-0.05, 0) is 26.7 Å². The summed E-state index contributed by atoms with van der Waals surface area (Å²) in [6.45, 7) is 6.53. The summed E-state index contributed by atoms with van der Waals surface area (Å²) >= 11 is 1.26. The number of hydrogen-bond acceptors (Lipinski definition) is 10. The Labute approximate surface area is 183 Å². The lowest BCUT2D eigenvalue weighted by atomic mass is 10.00. The van der Waals surface area contributed by atoms with E-state index in [1.54, 1.807) is 27.8 Å². The Kier molecular flexibility index (Phi) is 7.39. The normalized spacial score (nSPS) is 19.6. The van der Waals surface area contributed by atoms with Gasteiger partial charge in [-0.1, -0.05) is 19.0 Å². The minimum atomic E-state index is -4.73. The topological polar surface area (TPSA) is 167 Å². The number of carbonyl (C=O) groups is 3. The fourth-order valence-electron chi connectivity index (χ4n) is 2.93. The van der Waals surface area contributed by atoms with Gasteiger partial charge in [-0.25, -0.2) is 9.29 Å². The van der Waals surface area contributed by atoms with Gasteiger partial charge in [0, 0.05) is 11.9 Å². The SMILES string of the molecule is CCC(C=O)(CC)O/N=C(\C(=O)N[C@@H]1C(=O)N(S(=O)(=O)O)[C@H]1C)c1nc(NC)sc1C. The summed E-state index contributed by atoms with van der Waals surface area (Å²) in [6, 6.07) is -2.20. The summed E-state index contributed by atoms with van der Waals surface area (Å²) in [6.07, 6.45) is 1.23. The summed E-state index contributed by atoms with van der Waals surface area (Å²) in [5.41, 5.74) is -1.32. The molecule has 1 aliphatic rings. The molecule has 1 fully saturated rings. The second-order valence-corrected chi connectivity index (χ2v) is 9.39. The van der Waals surface area contributed by atoms with Crippen LogP contribution >= 0.6 is 11.3 Å². The molecular weight excluding hydrogens is 450 g/mol. The van der Waals surface area contributed by atoms with Gasteiger partial charge in [-0.2, -0.15) is 8.42 Å². The van der Waals surface area contributed by atoms with E-state index in [0.29, 0.717) is 29.1 Å². The zero-order valence-electron chi connectivity index (χ0n) is 17.7. The van der Waals surface area contributed by atoms with Gasteiger partial charge in [0.15, 0.2) is 22.7 Å². The fourth-order valence-corrected chi connectivity index (χ4v) is 4.58.